The van der Waals surface area contributed by atoms with Gasteiger partial charge < -0.3 is 9.84 Å². The highest BCUT2D eigenvalue weighted by Crippen LogP contribution is 2.39. The Hall–Kier alpha value is -3.65. The summed E-state index contributed by atoms with van der Waals surface area (Å²) in [6.45, 7) is 0. The van der Waals surface area contributed by atoms with Crippen molar-refractivity contribution in [3.63, 3.8) is 0 Å². The molecule has 2 unspecified atom stereocenters. The van der Waals surface area contributed by atoms with Gasteiger partial charge in [-0.1, -0.05) is 60.3 Å². The number of carboxylic acid groups (broad SMARTS) is 1. The van der Waals surface area contributed by atoms with Crippen LogP contribution in [0.4, 0.5) is 0 Å². The number of hydrazone groups is 1. The molecule has 2 heterocycles. The second-order valence-corrected chi connectivity index (χ2v) is 9.05. The molecule has 33 heavy (non-hydrogen) atoms. The Balaban J connectivity index is 1.51. The maximum absolute atomic E-state index is 12.3. The molecule has 0 fully saturated rings. The van der Waals surface area contributed by atoms with Gasteiger partial charge in [-0.25, -0.2) is 5.01 Å². The van der Waals surface area contributed by atoms with Crippen molar-refractivity contribution in [3.8, 4) is 5.75 Å². The first-order chi connectivity index (χ1) is 16.0. The van der Waals surface area contributed by atoms with Crippen LogP contribution in [-0.2, 0) is 9.59 Å². The lowest BCUT2D eigenvalue weighted by Crippen LogP contribution is -2.24. The zero-order chi connectivity index (χ0) is 22.9. The molecule has 0 aromatic heterocycles. The highest BCUT2D eigenvalue weighted by molar-refractivity contribution is 8.15. The van der Waals surface area contributed by atoms with Crippen molar-refractivity contribution in [2.75, 3.05) is 7.11 Å². The Bertz CT molecular complexity index is 1300. The minimum Gasteiger partial charge on any atom is -0.497 e. The molecule has 0 spiro atoms. The molecule has 1 N–H and O–H groups in total. The van der Waals surface area contributed by atoms with E-state index in [1.807, 2.05) is 36.4 Å². The molecule has 8 heteroatoms. The largest absolute Gasteiger partial charge is 0.497 e. The van der Waals surface area contributed by atoms with Crippen LogP contribution in [0.1, 0.15) is 30.0 Å². The van der Waals surface area contributed by atoms with E-state index in [1.165, 1.54) is 0 Å². The van der Waals surface area contributed by atoms with E-state index in [2.05, 4.69) is 35.3 Å². The molecule has 7 nitrogen and oxygen atoms in total. The Morgan fingerprint density at radius 2 is 1.88 bits per heavy atom. The van der Waals surface area contributed by atoms with Gasteiger partial charge in [-0.05, 0) is 40.1 Å². The van der Waals surface area contributed by atoms with E-state index in [-0.39, 0.29) is 12.5 Å². The number of hydrogen-bond acceptors (Lipinski definition) is 6. The molecular weight excluding hydrogens is 438 g/mol. The number of carboxylic acids is 1. The second kappa shape index (κ2) is 8.71. The van der Waals surface area contributed by atoms with Crippen LogP contribution < -0.4 is 4.74 Å². The Kier molecular flexibility index (Phi) is 5.60. The molecule has 3 aromatic carbocycles. The van der Waals surface area contributed by atoms with E-state index < -0.39 is 17.1 Å². The molecule has 2 aliphatic heterocycles. The topological polar surface area (TPSA) is 91.6 Å². The van der Waals surface area contributed by atoms with Gasteiger partial charge in [-0.3, -0.25) is 9.59 Å². The lowest BCUT2D eigenvalue weighted by atomic mass is 9.97. The molecule has 2 aliphatic rings. The van der Waals surface area contributed by atoms with Gasteiger partial charge in [0.15, 0.2) is 5.17 Å². The first kappa shape index (κ1) is 21.2. The Morgan fingerprint density at radius 3 is 2.61 bits per heavy atom. The van der Waals surface area contributed by atoms with Gasteiger partial charge in [0.05, 0.1) is 25.3 Å². The number of rotatable bonds is 5. The molecule has 0 bridgehead atoms. The van der Waals surface area contributed by atoms with Crippen LogP contribution >= 0.6 is 11.8 Å². The van der Waals surface area contributed by atoms with Crippen LogP contribution in [0, 0.1) is 0 Å². The molecule has 1 amide bonds. The molecule has 3 aromatic rings. The van der Waals surface area contributed by atoms with Gasteiger partial charge >= 0.3 is 5.97 Å². The number of methoxy groups -OCH3 is 1. The molecular formula is C25H21N3O4S. The third-order valence-electron chi connectivity index (χ3n) is 5.78. The summed E-state index contributed by atoms with van der Waals surface area (Å²) in [7, 11) is 1.62. The number of aliphatic carboxylic acids is 1. The van der Waals surface area contributed by atoms with Crippen molar-refractivity contribution >= 4 is 45.3 Å². The zero-order valence-corrected chi connectivity index (χ0v) is 18.7. The number of nitrogens with zero attached hydrogens (tertiary/aromatic N) is 3. The first-order valence-corrected chi connectivity index (χ1v) is 11.4. The summed E-state index contributed by atoms with van der Waals surface area (Å²) in [6, 6.07) is 22.0. The van der Waals surface area contributed by atoms with E-state index in [0.29, 0.717) is 11.6 Å². The number of amides is 1. The molecule has 0 saturated carbocycles. The van der Waals surface area contributed by atoms with Crippen LogP contribution in [-0.4, -0.2) is 45.2 Å². The smallest absolute Gasteiger partial charge is 0.305 e. The summed E-state index contributed by atoms with van der Waals surface area (Å²) >= 11 is 1.16. The van der Waals surface area contributed by atoms with Crippen molar-refractivity contribution in [2.45, 2.75) is 24.1 Å². The van der Waals surface area contributed by atoms with Crippen LogP contribution in [0.25, 0.3) is 10.8 Å². The summed E-state index contributed by atoms with van der Waals surface area (Å²) < 4.78 is 5.28. The maximum Gasteiger partial charge on any atom is 0.305 e. The number of thioether (sulfide) groups is 1. The lowest BCUT2D eigenvalue weighted by molar-refractivity contribution is -0.138. The van der Waals surface area contributed by atoms with Crippen molar-refractivity contribution in [2.24, 2.45) is 10.1 Å². The van der Waals surface area contributed by atoms with Crippen LogP contribution in [0.2, 0.25) is 0 Å². The summed E-state index contributed by atoms with van der Waals surface area (Å²) in [5, 5.41) is 17.7. The quantitative estimate of drug-likeness (QED) is 0.605. The minimum absolute atomic E-state index is 0.167. The summed E-state index contributed by atoms with van der Waals surface area (Å²) in [5.74, 6) is -0.700. The fourth-order valence-electron chi connectivity index (χ4n) is 4.08. The van der Waals surface area contributed by atoms with E-state index in [0.717, 1.165) is 45.1 Å². The maximum atomic E-state index is 12.3. The number of amidine groups is 1. The van der Waals surface area contributed by atoms with Crippen LogP contribution in [0.15, 0.2) is 76.8 Å². The minimum atomic E-state index is -1.02. The third kappa shape index (κ3) is 4.21. The predicted octanol–water partition coefficient (Wildman–Crippen LogP) is 4.47. The van der Waals surface area contributed by atoms with Gasteiger partial charge in [0.25, 0.3) is 5.91 Å². The number of benzene rings is 3. The molecule has 166 valence electrons. The normalized spacial score (nSPS) is 20.2. The summed E-state index contributed by atoms with van der Waals surface area (Å²) in [6.07, 6.45) is 0.362. The second-order valence-electron chi connectivity index (χ2n) is 7.88. The highest BCUT2D eigenvalue weighted by atomic mass is 32.2. The van der Waals surface area contributed by atoms with Gasteiger partial charge in [-0.2, -0.15) is 10.1 Å². The predicted molar refractivity (Wildman–Crippen MR) is 129 cm³/mol. The standard InChI is InChI=1S/C25H21N3O4S/c1-32-19-10-8-16(9-11-19)21-13-20(18-7-6-15-4-2-3-5-17(15)12-18)27-28(21)25-26-24(31)22(33-25)14-23(29)30/h2-12,21-22H,13-14H2,1H3,(H,29,30). The first-order valence-electron chi connectivity index (χ1n) is 10.5. The fourth-order valence-corrected chi connectivity index (χ4v) is 5.13. The fraction of sp³-hybridized carbons (Fsp3) is 0.200. The molecule has 5 rings (SSSR count). The van der Waals surface area contributed by atoms with Crippen molar-refractivity contribution in [3.05, 3.63) is 77.9 Å². The van der Waals surface area contributed by atoms with E-state index in [9.17, 15) is 9.59 Å². The van der Waals surface area contributed by atoms with Crippen molar-refractivity contribution < 1.29 is 19.4 Å². The molecule has 0 saturated heterocycles. The number of hydrogen-bond donors (Lipinski definition) is 1. The van der Waals surface area contributed by atoms with E-state index in [4.69, 9.17) is 14.9 Å². The van der Waals surface area contributed by atoms with E-state index in [1.54, 1.807) is 12.1 Å². The van der Waals surface area contributed by atoms with Crippen molar-refractivity contribution in [1.29, 1.82) is 0 Å². The molecule has 0 aliphatic carbocycles. The SMILES string of the molecule is COc1ccc(C2CC(c3ccc4ccccc4c3)=NN2C2=NC(=O)C(CC(=O)O)S2)cc1. The average molecular weight is 460 g/mol. The van der Waals surface area contributed by atoms with E-state index >= 15 is 0 Å². The monoisotopic (exact) mass is 459 g/mol. The third-order valence-corrected chi connectivity index (χ3v) is 6.92. The van der Waals surface area contributed by atoms with Crippen LogP contribution in [0.5, 0.6) is 5.75 Å². The van der Waals surface area contributed by atoms with Gasteiger partial charge in [0.1, 0.15) is 11.0 Å². The van der Waals surface area contributed by atoms with Gasteiger partial charge in [0, 0.05) is 6.42 Å². The Morgan fingerprint density at radius 1 is 1.12 bits per heavy atom. The number of carbonyl (C=O) groups excluding carboxylic acids is 1. The molecule has 2 atom stereocenters. The highest BCUT2D eigenvalue weighted by Gasteiger charge is 2.39. The van der Waals surface area contributed by atoms with Crippen molar-refractivity contribution in [1.82, 2.24) is 5.01 Å². The van der Waals surface area contributed by atoms with Gasteiger partial charge in [0.2, 0.25) is 0 Å². The Labute approximate surface area is 194 Å². The zero-order valence-electron chi connectivity index (χ0n) is 17.8. The number of ether oxygens (including phenoxy) is 1. The van der Waals surface area contributed by atoms with Crippen LogP contribution in [0.3, 0.4) is 0 Å². The molecule has 0 radical (unpaired) electrons. The number of carbonyl (C=O) groups is 2. The summed E-state index contributed by atoms with van der Waals surface area (Å²) in [5.41, 5.74) is 2.90. The summed E-state index contributed by atoms with van der Waals surface area (Å²) in [4.78, 5) is 27.7. The lowest BCUT2D eigenvalue weighted by Gasteiger charge is -2.23. The average Bonchev–Trinajstić information content (AvgIpc) is 3.42. The van der Waals surface area contributed by atoms with Gasteiger partial charge in [-0.15, -0.1) is 0 Å². The number of aliphatic imine (C=N–C) groups is 1. The number of fused-ring (bicyclic) bond motifs is 1.